The molecule has 1 unspecified atom stereocenters. The normalized spacial score (nSPS) is 12.4. The zero-order chi connectivity index (χ0) is 25.7. The highest BCUT2D eigenvalue weighted by Crippen LogP contribution is 2.11. The van der Waals surface area contributed by atoms with Crippen LogP contribution in [0.5, 0.6) is 0 Å². The number of nitrogens with zero attached hydrogens (tertiary/aromatic N) is 1. The van der Waals surface area contributed by atoms with Crippen molar-refractivity contribution >= 4 is 24.1 Å². The molecule has 10 nitrogen and oxygen atoms in total. The molecule has 33 heavy (non-hydrogen) atoms. The van der Waals surface area contributed by atoms with Crippen LogP contribution in [0.25, 0.3) is 0 Å². The summed E-state index contributed by atoms with van der Waals surface area (Å²) in [7, 11) is 0. The number of carbonyl (C=O) groups excluding carboxylic acids is 4. The number of rotatable bonds is 12. The minimum absolute atomic E-state index is 0.0136. The van der Waals surface area contributed by atoms with Crippen LogP contribution in [0.1, 0.15) is 67.7 Å². The SMILES string of the molecule is CCOC(=O)C(F)C(=O)NCCCCN(CCCNC(=O)OC(C)(C)C)C(=O)OC(C)(C)C. The topological polar surface area (TPSA) is 123 Å². The van der Waals surface area contributed by atoms with Gasteiger partial charge in [-0.15, -0.1) is 0 Å². The first-order valence-electron chi connectivity index (χ1n) is 11.2. The van der Waals surface area contributed by atoms with Crippen molar-refractivity contribution in [3.05, 3.63) is 0 Å². The highest BCUT2D eigenvalue weighted by Gasteiger charge is 2.27. The number of amides is 3. The predicted molar refractivity (Wildman–Crippen MR) is 120 cm³/mol. The molecule has 0 saturated carbocycles. The number of hydrogen-bond acceptors (Lipinski definition) is 7. The third-order valence-corrected chi connectivity index (χ3v) is 3.80. The van der Waals surface area contributed by atoms with Crippen molar-refractivity contribution in [2.75, 3.05) is 32.8 Å². The summed E-state index contributed by atoms with van der Waals surface area (Å²) in [6.07, 6.45) is -1.93. The molecule has 0 aliphatic rings. The van der Waals surface area contributed by atoms with Crippen molar-refractivity contribution in [2.45, 2.75) is 85.1 Å². The first kappa shape index (κ1) is 30.4. The maximum atomic E-state index is 13.6. The van der Waals surface area contributed by atoms with E-state index in [1.165, 1.54) is 11.8 Å². The number of ether oxygens (including phenoxy) is 3. The molecule has 0 bridgehead atoms. The minimum Gasteiger partial charge on any atom is -0.463 e. The van der Waals surface area contributed by atoms with Crippen molar-refractivity contribution < 1.29 is 37.8 Å². The molecule has 3 amide bonds. The Bertz CT molecular complexity index is 645. The van der Waals surface area contributed by atoms with Gasteiger partial charge in [0.1, 0.15) is 11.2 Å². The van der Waals surface area contributed by atoms with E-state index in [1.807, 2.05) is 0 Å². The molecule has 0 aromatic rings. The Morgan fingerprint density at radius 2 is 1.39 bits per heavy atom. The summed E-state index contributed by atoms with van der Waals surface area (Å²) in [6.45, 7) is 13.2. The van der Waals surface area contributed by atoms with Crippen LogP contribution in [-0.4, -0.2) is 79.1 Å². The van der Waals surface area contributed by atoms with Gasteiger partial charge in [0.25, 0.3) is 12.1 Å². The first-order valence-corrected chi connectivity index (χ1v) is 11.2. The van der Waals surface area contributed by atoms with Crippen molar-refractivity contribution in [1.29, 1.82) is 0 Å². The molecule has 1 atom stereocenters. The van der Waals surface area contributed by atoms with Crippen molar-refractivity contribution in [3.8, 4) is 0 Å². The van der Waals surface area contributed by atoms with Gasteiger partial charge in [-0.1, -0.05) is 0 Å². The molecule has 2 N–H and O–H groups in total. The Balaban J connectivity index is 4.51. The molecular weight excluding hydrogens is 437 g/mol. The average molecular weight is 478 g/mol. The second-order valence-corrected chi connectivity index (χ2v) is 9.36. The Morgan fingerprint density at radius 3 is 1.94 bits per heavy atom. The number of alkyl carbamates (subject to hydrolysis) is 1. The van der Waals surface area contributed by atoms with Crippen molar-refractivity contribution in [1.82, 2.24) is 15.5 Å². The number of unbranched alkanes of at least 4 members (excludes halogenated alkanes) is 1. The molecular formula is C22H40FN3O7. The number of halogens is 1. The van der Waals surface area contributed by atoms with Gasteiger partial charge in [0.05, 0.1) is 6.61 Å². The lowest BCUT2D eigenvalue weighted by Crippen LogP contribution is -2.40. The molecule has 0 fully saturated rings. The predicted octanol–water partition coefficient (Wildman–Crippen LogP) is 2.94. The van der Waals surface area contributed by atoms with E-state index in [0.29, 0.717) is 38.9 Å². The molecule has 0 spiro atoms. The summed E-state index contributed by atoms with van der Waals surface area (Å²) in [4.78, 5) is 48.6. The zero-order valence-electron chi connectivity index (χ0n) is 20.9. The third-order valence-electron chi connectivity index (χ3n) is 3.80. The van der Waals surface area contributed by atoms with Crippen LogP contribution in [0.4, 0.5) is 14.0 Å². The Kier molecular flexibility index (Phi) is 13.4. The molecule has 11 heteroatoms. The lowest BCUT2D eigenvalue weighted by atomic mass is 10.2. The number of alkyl halides is 1. The zero-order valence-corrected chi connectivity index (χ0v) is 20.9. The summed E-state index contributed by atoms with van der Waals surface area (Å²) >= 11 is 0. The number of hydrogen-bond donors (Lipinski definition) is 2. The molecule has 0 aromatic heterocycles. The second kappa shape index (κ2) is 14.5. The fourth-order valence-electron chi connectivity index (χ4n) is 2.45. The number of nitrogens with one attached hydrogen (secondary N) is 2. The van der Waals surface area contributed by atoms with E-state index in [-0.39, 0.29) is 13.2 Å². The molecule has 0 radical (unpaired) electrons. The summed E-state index contributed by atoms with van der Waals surface area (Å²) in [5.41, 5.74) is -1.26. The largest absolute Gasteiger partial charge is 0.463 e. The van der Waals surface area contributed by atoms with Crippen LogP contribution < -0.4 is 10.6 Å². The van der Waals surface area contributed by atoms with Gasteiger partial charge >= 0.3 is 18.2 Å². The van der Waals surface area contributed by atoms with Crippen LogP contribution in [-0.2, 0) is 23.8 Å². The van der Waals surface area contributed by atoms with E-state index in [9.17, 15) is 23.6 Å². The van der Waals surface area contributed by atoms with Crippen LogP contribution in [0.3, 0.4) is 0 Å². The standard InChI is InChI=1S/C22H40FN3O7/c1-8-31-18(28)16(23)17(27)24-12-9-10-14-26(20(30)33-22(5,6)7)15-11-13-25-19(29)32-21(2,3)4/h16H,8-15H2,1-7H3,(H,24,27)(H,25,29). The van der Waals surface area contributed by atoms with E-state index in [0.717, 1.165) is 0 Å². The van der Waals surface area contributed by atoms with Crippen LogP contribution in [0.15, 0.2) is 0 Å². The van der Waals surface area contributed by atoms with Gasteiger partial charge in [0.15, 0.2) is 0 Å². The summed E-state index contributed by atoms with van der Waals surface area (Å²) < 4.78 is 28.7. The molecule has 0 rings (SSSR count). The number of esters is 1. The molecule has 0 heterocycles. The highest BCUT2D eigenvalue weighted by molar-refractivity contribution is 6.00. The van der Waals surface area contributed by atoms with Crippen molar-refractivity contribution in [2.24, 2.45) is 0 Å². The molecule has 0 aromatic carbocycles. The highest BCUT2D eigenvalue weighted by atomic mass is 19.1. The van der Waals surface area contributed by atoms with E-state index in [4.69, 9.17) is 9.47 Å². The maximum Gasteiger partial charge on any atom is 0.410 e. The lowest BCUT2D eigenvalue weighted by molar-refractivity contribution is -0.153. The van der Waals surface area contributed by atoms with E-state index < -0.39 is 41.4 Å². The minimum atomic E-state index is -2.36. The first-order chi connectivity index (χ1) is 15.2. The fraction of sp³-hybridized carbons (Fsp3) is 0.818. The second-order valence-electron chi connectivity index (χ2n) is 9.36. The smallest absolute Gasteiger partial charge is 0.410 e. The quantitative estimate of drug-likeness (QED) is 0.192. The fourth-order valence-corrected chi connectivity index (χ4v) is 2.45. The Labute approximate surface area is 195 Å². The third kappa shape index (κ3) is 15.8. The van der Waals surface area contributed by atoms with E-state index in [1.54, 1.807) is 41.5 Å². The lowest BCUT2D eigenvalue weighted by Gasteiger charge is -2.27. The summed E-state index contributed by atoms with van der Waals surface area (Å²) in [5.74, 6) is -2.27. The Hall–Kier alpha value is -2.59. The van der Waals surface area contributed by atoms with Gasteiger partial charge in [-0.05, 0) is 67.7 Å². The van der Waals surface area contributed by atoms with Crippen LogP contribution in [0, 0.1) is 0 Å². The van der Waals surface area contributed by atoms with Gasteiger partial charge in [0, 0.05) is 26.2 Å². The molecule has 192 valence electrons. The molecule has 0 aliphatic heterocycles. The van der Waals surface area contributed by atoms with Gasteiger partial charge < -0.3 is 29.7 Å². The summed E-state index contributed by atoms with van der Waals surface area (Å²) in [6, 6.07) is 0. The maximum absolute atomic E-state index is 13.6. The molecule has 0 saturated heterocycles. The van der Waals surface area contributed by atoms with E-state index >= 15 is 0 Å². The Morgan fingerprint density at radius 1 is 0.848 bits per heavy atom. The molecule has 0 aliphatic carbocycles. The van der Waals surface area contributed by atoms with Gasteiger partial charge in [-0.2, -0.15) is 0 Å². The summed E-state index contributed by atoms with van der Waals surface area (Å²) in [5, 5.41) is 4.97. The average Bonchev–Trinajstić information content (AvgIpc) is 2.65. The monoisotopic (exact) mass is 477 g/mol. The van der Waals surface area contributed by atoms with Crippen LogP contribution >= 0.6 is 0 Å². The van der Waals surface area contributed by atoms with Gasteiger partial charge in [0.2, 0.25) is 0 Å². The van der Waals surface area contributed by atoms with Crippen LogP contribution in [0.2, 0.25) is 0 Å². The van der Waals surface area contributed by atoms with Gasteiger partial charge in [-0.25, -0.2) is 18.8 Å². The van der Waals surface area contributed by atoms with Gasteiger partial charge in [-0.3, -0.25) is 4.79 Å². The van der Waals surface area contributed by atoms with Crippen molar-refractivity contribution in [3.63, 3.8) is 0 Å². The van der Waals surface area contributed by atoms with E-state index in [2.05, 4.69) is 15.4 Å². The number of carbonyl (C=O) groups is 4.